The number of anilines is 1. The molecule has 5 rings (SSSR count). The number of alkyl halides is 3. The van der Waals surface area contributed by atoms with Crippen LogP contribution in [0.2, 0.25) is 0 Å². The van der Waals surface area contributed by atoms with Gasteiger partial charge in [-0.25, -0.2) is 13.2 Å². The number of carbonyl (C=O) groups is 2. The fraction of sp³-hybridized carbons (Fsp3) is 0.375. The van der Waals surface area contributed by atoms with Gasteiger partial charge in [0.05, 0.1) is 29.3 Å². The summed E-state index contributed by atoms with van der Waals surface area (Å²) in [7, 11) is -4.16. The first-order valence-corrected chi connectivity index (χ1v) is 16.4. The van der Waals surface area contributed by atoms with Crippen molar-refractivity contribution in [3.05, 3.63) is 78.4 Å². The van der Waals surface area contributed by atoms with Crippen molar-refractivity contribution in [3.8, 4) is 17.2 Å². The molecule has 0 aliphatic carbocycles. The molecule has 16 heteroatoms. The molecule has 2 aliphatic heterocycles. The molecule has 2 N–H and O–H groups in total. The third kappa shape index (κ3) is 8.48. The Balaban J connectivity index is 1.34. The molecule has 1 saturated heterocycles. The van der Waals surface area contributed by atoms with E-state index in [0.717, 1.165) is 26.9 Å². The predicted molar refractivity (Wildman–Crippen MR) is 165 cm³/mol. The highest BCUT2D eigenvalue weighted by Crippen LogP contribution is 2.35. The van der Waals surface area contributed by atoms with Crippen LogP contribution in [0.15, 0.2) is 77.7 Å². The van der Waals surface area contributed by atoms with Crippen molar-refractivity contribution >= 4 is 27.7 Å². The van der Waals surface area contributed by atoms with Gasteiger partial charge in [-0.05, 0) is 42.2 Å². The molecule has 0 saturated carbocycles. The molecule has 0 spiro atoms. The zero-order valence-corrected chi connectivity index (χ0v) is 26.7. The lowest BCUT2D eigenvalue weighted by Gasteiger charge is -2.31. The van der Waals surface area contributed by atoms with Crippen LogP contribution in [-0.4, -0.2) is 80.9 Å². The predicted octanol–water partition coefficient (Wildman–Crippen LogP) is 4.07. The van der Waals surface area contributed by atoms with Gasteiger partial charge in [-0.2, -0.15) is 4.31 Å². The number of sulfonamides is 1. The van der Waals surface area contributed by atoms with Crippen LogP contribution in [0.4, 0.5) is 23.7 Å². The molecule has 0 unspecified atom stereocenters. The van der Waals surface area contributed by atoms with Crippen LogP contribution < -0.4 is 24.4 Å². The lowest BCUT2D eigenvalue weighted by atomic mass is 10.0. The third-order valence-corrected chi connectivity index (χ3v) is 9.33. The van der Waals surface area contributed by atoms with Crippen molar-refractivity contribution < 1.29 is 55.2 Å². The Bertz CT molecular complexity index is 1720. The van der Waals surface area contributed by atoms with E-state index in [2.05, 4.69) is 10.1 Å². The van der Waals surface area contributed by atoms with Crippen molar-refractivity contribution in [1.29, 1.82) is 0 Å². The summed E-state index contributed by atoms with van der Waals surface area (Å²) in [5, 5.41) is 14.2. The van der Waals surface area contributed by atoms with Gasteiger partial charge in [-0.15, -0.1) is 13.2 Å². The molecule has 12 nitrogen and oxygen atoms in total. The maximum absolute atomic E-state index is 13.8. The summed E-state index contributed by atoms with van der Waals surface area (Å²) >= 11 is 0. The van der Waals surface area contributed by atoms with E-state index in [4.69, 9.17) is 14.2 Å². The Morgan fingerprint density at radius 3 is 2.48 bits per heavy atom. The second-order valence-corrected chi connectivity index (χ2v) is 13.6. The first-order valence-electron chi connectivity index (χ1n) is 15.0. The number of ether oxygens (including phenoxy) is 4. The Morgan fingerprint density at radius 1 is 1.04 bits per heavy atom. The number of cyclic esters (lactones) is 1. The second-order valence-electron chi connectivity index (χ2n) is 11.6. The lowest BCUT2D eigenvalue weighted by molar-refractivity contribution is -0.274. The molecule has 2 heterocycles. The fourth-order valence-electron chi connectivity index (χ4n) is 5.29. The maximum Gasteiger partial charge on any atom is 0.573 e. The second kappa shape index (κ2) is 14.3. The molecule has 3 atom stereocenters. The molecule has 3 aromatic carbocycles. The van der Waals surface area contributed by atoms with Crippen molar-refractivity contribution in [3.63, 3.8) is 0 Å². The number of aliphatic hydroxyl groups excluding tert-OH is 1. The highest BCUT2D eigenvalue weighted by molar-refractivity contribution is 7.89. The highest BCUT2D eigenvalue weighted by Gasteiger charge is 2.40. The van der Waals surface area contributed by atoms with Crippen molar-refractivity contribution in [1.82, 2.24) is 9.62 Å². The Morgan fingerprint density at radius 2 is 1.77 bits per heavy atom. The summed E-state index contributed by atoms with van der Waals surface area (Å²) in [6.45, 7) is 2.92. The smallest absolute Gasteiger partial charge is 0.454 e. The lowest BCUT2D eigenvalue weighted by Crippen LogP contribution is -2.53. The third-order valence-electron chi connectivity index (χ3n) is 7.50. The van der Waals surface area contributed by atoms with Gasteiger partial charge in [0, 0.05) is 25.2 Å². The topological polar surface area (TPSA) is 144 Å². The first-order chi connectivity index (χ1) is 22.7. The normalized spacial score (nSPS) is 17.4. The van der Waals surface area contributed by atoms with Crippen molar-refractivity contribution in [2.45, 2.75) is 49.8 Å². The minimum Gasteiger partial charge on any atom is -0.454 e. The number of halogens is 3. The highest BCUT2D eigenvalue weighted by atomic mass is 32.2. The number of fused-ring (bicyclic) bond motifs is 1. The van der Waals surface area contributed by atoms with Crippen LogP contribution in [0, 0.1) is 5.92 Å². The van der Waals surface area contributed by atoms with E-state index in [1.54, 1.807) is 30.3 Å². The molecule has 258 valence electrons. The Labute approximate surface area is 275 Å². The summed E-state index contributed by atoms with van der Waals surface area (Å²) < 4.78 is 86.8. The molecule has 3 aromatic rings. The Kier molecular flexibility index (Phi) is 10.4. The van der Waals surface area contributed by atoms with Crippen LogP contribution in [-0.2, 0) is 26.0 Å². The van der Waals surface area contributed by atoms with E-state index in [1.807, 2.05) is 13.8 Å². The number of benzene rings is 3. The van der Waals surface area contributed by atoms with Gasteiger partial charge in [-0.3, -0.25) is 9.69 Å². The van der Waals surface area contributed by atoms with Gasteiger partial charge in [0.2, 0.25) is 16.8 Å². The van der Waals surface area contributed by atoms with Gasteiger partial charge in [0.15, 0.2) is 17.6 Å². The van der Waals surface area contributed by atoms with Gasteiger partial charge in [0.25, 0.3) is 5.91 Å². The van der Waals surface area contributed by atoms with E-state index in [0.29, 0.717) is 5.75 Å². The number of nitrogens with one attached hydrogen (secondary N) is 1. The number of aliphatic hydroxyl groups is 1. The van der Waals surface area contributed by atoms with Gasteiger partial charge in [0.1, 0.15) is 5.75 Å². The standard InChI is InChI=1S/C32H34F3N3O9S/c1-20(2)16-37(48(42,43)24-11-12-27-28(15-24)45-19-44-27)17-26(39)25(13-21-7-4-3-5-8-21)36-30(40)29-18-38(31(41)46-29)22-9-6-10-23(14-22)47-32(33,34)35/h3-12,14-15,20,25-26,29,39H,13,16-19H2,1-2H3,(H,36,40)/t25-,26+,29-/m0/s1. The number of hydrogen-bond donors (Lipinski definition) is 2. The SMILES string of the molecule is CC(C)CN(C[C@@H](O)[C@H](Cc1ccccc1)NC(=O)[C@@H]1CN(c2cccc(OC(F)(F)F)c2)C(=O)O1)S(=O)(=O)c1ccc2c(c1)OCO2. The van der Waals surface area contributed by atoms with E-state index in [-0.39, 0.29) is 48.6 Å². The molecule has 0 radical (unpaired) electrons. The number of amides is 2. The van der Waals surface area contributed by atoms with E-state index >= 15 is 0 Å². The van der Waals surface area contributed by atoms with Crippen molar-refractivity contribution in [2.24, 2.45) is 5.92 Å². The summed E-state index contributed by atoms with van der Waals surface area (Å²) in [6.07, 6.45) is -8.65. The van der Waals surface area contributed by atoms with Crippen LogP contribution in [0.1, 0.15) is 19.4 Å². The van der Waals surface area contributed by atoms with E-state index in [9.17, 15) is 36.3 Å². The monoisotopic (exact) mass is 693 g/mol. The van der Waals surface area contributed by atoms with Gasteiger partial charge < -0.3 is 29.4 Å². The number of rotatable bonds is 13. The average Bonchev–Trinajstić information content (AvgIpc) is 3.66. The average molecular weight is 694 g/mol. The van der Waals surface area contributed by atoms with Crippen LogP contribution in [0.5, 0.6) is 17.2 Å². The largest absolute Gasteiger partial charge is 0.573 e. The minimum atomic E-state index is -4.95. The summed E-state index contributed by atoms with van der Waals surface area (Å²) in [5.74, 6) is -0.804. The first kappa shape index (κ1) is 34.8. The molecular formula is C32H34F3N3O9S. The zero-order chi connectivity index (χ0) is 34.6. The number of hydrogen-bond acceptors (Lipinski definition) is 9. The van der Waals surface area contributed by atoms with Crippen LogP contribution in [0.25, 0.3) is 0 Å². The molecular weight excluding hydrogens is 659 g/mol. The molecule has 0 aromatic heterocycles. The molecule has 2 amide bonds. The minimum absolute atomic E-state index is 0.0102. The van der Waals surface area contributed by atoms with Crippen LogP contribution in [0.3, 0.4) is 0 Å². The summed E-state index contributed by atoms with van der Waals surface area (Å²) in [6, 6.07) is 16.7. The molecule has 0 bridgehead atoms. The fourth-order valence-corrected chi connectivity index (χ4v) is 6.92. The van der Waals surface area contributed by atoms with Gasteiger partial charge >= 0.3 is 12.5 Å². The number of nitrogens with zero attached hydrogens (tertiary/aromatic N) is 2. The summed E-state index contributed by atoms with van der Waals surface area (Å²) in [5.41, 5.74) is 0.735. The number of carbonyl (C=O) groups excluding carboxylic acids is 2. The molecule has 2 aliphatic rings. The van der Waals surface area contributed by atoms with E-state index in [1.165, 1.54) is 30.3 Å². The zero-order valence-electron chi connectivity index (χ0n) is 25.9. The van der Waals surface area contributed by atoms with Crippen molar-refractivity contribution in [2.75, 3.05) is 31.3 Å². The van der Waals surface area contributed by atoms with Crippen LogP contribution >= 0.6 is 0 Å². The molecule has 1 fully saturated rings. The maximum atomic E-state index is 13.8. The summed E-state index contributed by atoms with van der Waals surface area (Å²) in [4.78, 5) is 27.1. The quantitative estimate of drug-likeness (QED) is 0.271. The Hall–Kier alpha value is -4.54. The van der Waals surface area contributed by atoms with E-state index < -0.39 is 58.9 Å². The molecule has 48 heavy (non-hydrogen) atoms. The van der Waals surface area contributed by atoms with Gasteiger partial charge in [-0.1, -0.05) is 50.2 Å².